The number of fused-ring (bicyclic) bond motifs is 4. The quantitative estimate of drug-likeness (QED) is 0.198. The highest BCUT2D eigenvalue weighted by Crippen LogP contribution is 2.47. The van der Waals surface area contributed by atoms with Crippen LogP contribution in [0.5, 0.6) is 0 Å². The van der Waals surface area contributed by atoms with Crippen LogP contribution < -0.4 is 0 Å². The average molecular weight is 535 g/mol. The van der Waals surface area contributed by atoms with Gasteiger partial charge in [0.2, 0.25) is 0 Å². The van der Waals surface area contributed by atoms with Crippen molar-refractivity contribution in [3.05, 3.63) is 157 Å². The monoisotopic (exact) mass is 534 g/mol. The van der Waals surface area contributed by atoms with Gasteiger partial charge >= 0.3 is 0 Å². The Labute approximate surface area is 246 Å². The van der Waals surface area contributed by atoms with Gasteiger partial charge in [-0.15, -0.1) is 0 Å². The summed E-state index contributed by atoms with van der Waals surface area (Å²) in [4.78, 5) is 0. The first-order chi connectivity index (χ1) is 20.7. The van der Waals surface area contributed by atoms with E-state index in [1.807, 2.05) is 0 Å². The van der Waals surface area contributed by atoms with Crippen LogP contribution in [0.2, 0.25) is 0 Å². The van der Waals surface area contributed by atoms with Crippen LogP contribution >= 0.6 is 0 Å². The van der Waals surface area contributed by atoms with Crippen molar-refractivity contribution >= 4 is 43.1 Å². The van der Waals surface area contributed by atoms with Crippen molar-refractivity contribution in [2.24, 2.45) is 0 Å². The van der Waals surface area contributed by atoms with E-state index < -0.39 is 0 Å². The maximum Gasteiger partial charge on any atom is -0.00201 e. The summed E-state index contributed by atoms with van der Waals surface area (Å²) < 4.78 is 0. The molecule has 0 aromatic heterocycles. The van der Waals surface area contributed by atoms with Crippen LogP contribution in [-0.2, 0) is 0 Å². The van der Waals surface area contributed by atoms with Crippen LogP contribution in [0.3, 0.4) is 0 Å². The van der Waals surface area contributed by atoms with E-state index in [4.69, 9.17) is 0 Å². The van der Waals surface area contributed by atoms with Gasteiger partial charge in [0, 0.05) is 0 Å². The average Bonchev–Trinajstić information content (AvgIpc) is 3.02. The fraction of sp³-hybridized carbons (Fsp3) is 0.0476. The molecule has 0 amide bonds. The zero-order chi connectivity index (χ0) is 28.2. The summed E-state index contributed by atoms with van der Waals surface area (Å²) >= 11 is 0. The lowest BCUT2D eigenvalue weighted by atomic mass is 9.83. The highest BCUT2D eigenvalue weighted by atomic mass is 14.2. The summed E-state index contributed by atoms with van der Waals surface area (Å²) in [6.45, 7) is 4.37. The number of rotatable bonds is 3. The van der Waals surface area contributed by atoms with Gasteiger partial charge in [-0.2, -0.15) is 0 Å². The second kappa shape index (κ2) is 9.72. The lowest BCUT2D eigenvalue weighted by Crippen LogP contribution is -1.93. The Morgan fingerprint density at radius 1 is 0.310 bits per heavy atom. The molecular formula is C42H30. The molecule has 8 aromatic carbocycles. The summed E-state index contributed by atoms with van der Waals surface area (Å²) in [5, 5.41) is 10.2. The molecule has 0 unspecified atom stereocenters. The Hall–Kier alpha value is -5.20. The van der Waals surface area contributed by atoms with Crippen molar-refractivity contribution in [1.29, 1.82) is 0 Å². The molecule has 0 heteroatoms. The minimum atomic E-state index is 1.26. The third-order valence-corrected chi connectivity index (χ3v) is 8.72. The molecule has 0 fully saturated rings. The minimum Gasteiger partial charge on any atom is -0.0616 e. The molecule has 0 aliphatic heterocycles. The highest BCUT2D eigenvalue weighted by molar-refractivity contribution is 6.25. The van der Waals surface area contributed by atoms with Gasteiger partial charge in [-0.1, -0.05) is 157 Å². The van der Waals surface area contributed by atoms with Gasteiger partial charge in [0.15, 0.2) is 0 Å². The standard InChI is InChI=1S/C42H30/c1-27-24-28(2)26-30(25-27)32-22-23-40(34-16-6-5-15-33(32)34)42-38-19-9-7-17-36(38)41(37-18-8-10-20-39(37)42)35-21-11-13-29-12-3-4-14-31(29)35/h3-26H,1-2H3. The number of hydrogen-bond acceptors (Lipinski definition) is 0. The first kappa shape index (κ1) is 24.6. The van der Waals surface area contributed by atoms with E-state index in [0.717, 1.165) is 0 Å². The molecule has 0 radical (unpaired) electrons. The normalized spacial score (nSPS) is 11.6. The molecule has 0 saturated heterocycles. The van der Waals surface area contributed by atoms with Gasteiger partial charge in [0.25, 0.3) is 0 Å². The van der Waals surface area contributed by atoms with Crippen LogP contribution in [0.25, 0.3) is 76.5 Å². The molecule has 0 bridgehead atoms. The van der Waals surface area contributed by atoms with E-state index in [2.05, 4.69) is 159 Å². The van der Waals surface area contributed by atoms with Crippen LogP contribution in [0, 0.1) is 13.8 Å². The number of hydrogen-bond donors (Lipinski definition) is 0. The molecule has 198 valence electrons. The molecule has 0 atom stereocenters. The van der Waals surface area contributed by atoms with E-state index in [0.29, 0.717) is 0 Å². The summed E-state index contributed by atoms with van der Waals surface area (Å²) in [5.41, 5.74) is 10.3. The molecule has 42 heavy (non-hydrogen) atoms. The van der Waals surface area contributed by atoms with Crippen LogP contribution in [0.15, 0.2) is 146 Å². The second-order valence-electron chi connectivity index (χ2n) is 11.5. The Bertz CT molecular complexity index is 2240. The van der Waals surface area contributed by atoms with E-state index in [-0.39, 0.29) is 0 Å². The largest absolute Gasteiger partial charge is 0.0616 e. The maximum absolute atomic E-state index is 2.35. The molecule has 8 aromatic rings. The minimum absolute atomic E-state index is 1.26. The van der Waals surface area contributed by atoms with Crippen molar-refractivity contribution in [3.8, 4) is 33.4 Å². The Balaban J connectivity index is 1.49. The van der Waals surface area contributed by atoms with Crippen LogP contribution in [-0.4, -0.2) is 0 Å². The van der Waals surface area contributed by atoms with Gasteiger partial charge in [-0.25, -0.2) is 0 Å². The molecule has 0 saturated carbocycles. The van der Waals surface area contributed by atoms with Crippen molar-refractivity contribution in [1.82, 2.24) is 0 Å². The summed E-state index contributed by atoms with van der Waals surface area (Å²) in [5.74, 6) is 0. The van der Waals surface area contributed by atoms with E-state index >= 15 is 0 Å². The smallest absolute Gasteiger partial charge is 0.00201 e. The molecule has 0 aliphatic carbocycles. The van der Waals surface area contributed by atoms with E-state index in [1.165, 1.54) is 87.6 Å². The van der Waals surface area contributed by atoms with Crippen LogP contribution in [0.1, 0.15) is 11.1 Å². The molecule has 8 rings (SSSR count). The molecule has 0 nitrogen and oxygen atoms in total. The molecule has 0 spiro atoms. The Morgan fingerprint density at radius 2 is 0.714 bits per heavy atom. The topological polar surface area (TPSA) is 0 Å². The number of benzene rings is 8. The first-order valence-corrected chi connectivity index (χ1v) is 14.7. The van der Waals surface area contributed by atoms with Gasteiger partial charge in [-0.3, -0.25) is 0 Å². The lowest BCUT2D eigenvalue weighted by Gasteiger charge is -2.20. The Morgan fingerprint density at radius 3 is 1.29 bits per heavy atom. The molecule has 0 heterocycles. The summed E-state index contributed by atoms with van der Waals surface area (Å²) in [6.07, 6.45) is 0. The van der Waals surface area contributed by atoms with E-state index in [9.17, 15) is 0 Å². The van der Waals surface area contributed by atoms with Gasteiger partial charge in [0.05, 0.1) is 0 Å². The predicted octanol–water partition coefficient (Wildman–Crippen LogP) is 11.9. The third-order valence-electron chi connectivity index (χ3n) is 8.72. The lowest BCUT2D eigenvalue weighted by molar-refractivity contribution is 1.39. The zero-order valence-corrected chi connectivity index (χ0v) is 23.9. The third kappa shape index (κ3) is 3.84. The van der Waals surface area contributed by atoms with Crippen molar-refractivity contribution in [2.75, 3.05) is 0 Å². The SMILES string of the molecule is Cc1cc(C)cc(-c2ccc(-c3c4ccccc4c(-c4cccc5ccccc45)c4ccccc34)c3ccccc23)c1. The highest BCUT2D eigenvalue weighted by Gasteiger charge is 2.19. The number of aryl methyl sites for hydroxylation is 2. The summed E-state index contributed by atoms with van der Waals surface area (Å²) in [6, 6.07) is 53.8. The van der Waals surface area contributed by atoms with Crippen molar-refractivity contribution in [2.45, 2.75) is 13.8 Å². The van der Waals surface area contributed by atoms with Crippen molar-refractivity contribution < 1.29 is 0 Å². The van der Waals surface area contributed by atoms with Crippen LogP contribution in [0.4, 0.5) is 0 Å². The first-order valence-electron chi connectivity index (χ1n) is 14.7. The predicted molar refractivity (Wildman–Crippen MR) is 182 cm³/mol. The summed E-state index contributed by atoms with van der Waals surface area (Å²) in [7, 11) is 0. The van der Waals surface area contributed by atoms with Gasteiger partial charge in [-0.05, 0) is 90.3 Å². The fourth-order valence-corrected chi connectivity index (χ4v) is 7.05. The molecule has 0 N–H and O–H groups in total. The Kier molecular flexibility index (Phi) is 5.69. The van der Waals surface area contributed by atoms with Gasteiger partial charge < -0.3 is 0 Å². The molecule has 0 aliphatic rings. The maximum atomic E-state index is 2.35. The zero-order valence-electron chi connectivity index (χ0n) is 23.9. The van der Waals surface area contributed by atoms with E-state index in [1.54, 1.807) is 0 Å². The van der Waals surface area contributed by atoms with Crippen molar-refractivity contribution in [3.63, 3.8) is 0 Å². The second-order valence-corrected chi connectivity index (χ2v) is 11.5. The fourth-order valence-electron chi connectivity index (χ4n) is 7.05. The molecular weight excluding hydrogens is 504 g/mol. The van der Waals surface area contributed by atoms with Gasteiger partial charge in [0.1, 0.15) is 0 Å².